The summed E-state index contributed by atoms with van der Waals surface area (Å²) in [5.74, 6) is -2.76. The second-order valence-electron chi connectivity index (χ2n) is 5.14. The van der Waals surface area contributed by atoms with Crippen molar-refractivity contribution in [2.75, 3.05) is 6.54 Å². The van der Waals surface area contributed by atoms with Crippen molar-refractivity contribution in [2.45, 2.75) is 12.5 Å². The van der Waals surface area contributed by atoms with Crippen LogP contribution in [0.15, 0.2) is 30.5 Å². The Morgan fingerprint density at radius 1 is 1.23 bits per heavy atom. The molecule has 1 aromatic carbocycles. The molecular formula is C15H12F2N2O3. The Morgan fingerprint density at radius 3 is 2.55 bits per heavy atom. The first-order valence-corrected chi connectivity index (χ1v) is 6.62. The van der Waals surface area contributed by atoms with Gasteiger partial charge in [-0.2, -0.15) is 0 Å². The lowest BCUT2D eigenvalue weighted by Crippen LogP contribution is -2.39. The van der Waals surface area contributed by atoms with Gasteiger partial charge < -0.3 is 15.0 Å². The molecule has 0 bridgehead atoms. The van der Waals surface area contributed by atoms with Crippen molar-refractivity contribution >= 4 is 11.9 Å². The van der Waals surface area contributed by atoms with Crippen LogP contribution in [0.2, 0.25) is 0 Å². The standard InChI is InChI=1S/C15H12F2N2O3/c16-10-1-8(2-11(17)4-10)9-3-13-15(22)18-6-12(5-14(20)21)19(13)7-9/h1-4,7,12H,5-6H2,(H,18,22)(H,20,21)/t12-/m0/s1. The van der Waals surface area contributed by atoms with Crippen LogP contribution < -0.4 is 5.32 Å². The Kier molecular flexibility index (Phi) is 3.40. The minimum absolute atomic E-state index is 0.154. The average molecular weight is 306 g/mol. The van der Waals surface area contributed by atoms with Crippen LogP contribution in [0.3, 0.4) is 0 Å². The van der Waals surface area contributed by atoms with Gasteiger partial charge in [-0.1, -0.05) is 0 Å². The van der Waals surface area contributed by atoms with Crippen LogP contribution in [-0.4, -0.2) is 28.1 Å². The van der Waals surface area contributed by atoms with Crippen molar-refractivity contribution in [3.8, 4) is 11.1 Å². The first-order valence-electron chi connectivity index (χ1n) is 6.62. The molecule has 0 unspecified atom stereocenters. The van der Waals surface area contributed by atoms with Crippen LogP contribution in [0, 0.1) is 11.6 Å². The number of fused-ring (bicyclic) bond motifs is 1. The van der Waals surface area contributed by atoms with E-state index in [2.05, 4.69) is 5.32 Å². The number of amides is 1. The molecule has 1 aliphatic heterocycles. The summed E-state index contributed by atoms with van der Waals surface area (Å²) in [6, 6.07) is 4.15. The fourth-order valence-electron chi connectivity index (χ4n) is 2.61. The van der Waals surface area contributed by atoms with Crippen molar-refractivity contribution in [2.24, 2.45) is 0 Å². The normalized spacial score (nSPS) is 17.0. The van der Waals surface area contributed by atoms with Crippen LogP contribution in [0.1, 0.15) is 23.0 Å². The maximum atomic E-state index is 13.3. The predicted octanol–water partition coefficient (Wildman–Crippen LogP) is 2.19. The smallest absolute Gasteiger partial charge is 0.305 e. The minimum Gasteiger partial charge on any atom is -0.481 e. The van der Waals surface area contributed by atoms with Gasteiger partial charge in [0.2, 0.25) is 0 Å². The topological polar surface area (TPSA) is 71.3 Å². The fraction of sp³-hybridized carbons (Fsp3) is 0.200. The Balaban J connectivity index is 2.05. The van der Waals surface area contributed by atoms with E-state index in [-0.39, 0.29) is 24.6 Å². The SMILES string of the molecule is O=C(O)C[C@H]1CNC(=O)c2cc(-c3cc(F)cc(F)c3)cn21. The highest BCUT2D eigenvalue weighted by atomic mass is 19.1. The van der Waals surface area contributed by atoms with E-state index in [1.807, 2.05) is 0 Å². The molecule has 1 amide bonds. The number of rotatable bonds is 3. The Hall–Kier alpha value is -2.70. The molecule has 1 atom stereocenters. The third-order valence-electron chi connectivity index (χ3n) is 3.58. The molecule has 114 valence electrons. The molecule has 7 heteroatoms. The van der Waals surface area contributed by atoms with E-state index in [0.717, 1.165) is 18.2 Å². The Labute approximate surface area is 124 Å². The first-order chi connectivity index (χ1) is 10.4. The van der Waals surface area contributed by atoms with Crippen molar-refractivity contribution < 1.29 is 23.5 Å². The van der Waals surface area contributed by atoms with E-state index in [0.29, 0.717) is 11.1 Å². The molecule has 0 fully saturated rings. The number of hydrogen-bond donors (Lipinski definition) is 2. The van der Waals surface area contributed by atoms with E-state index in [9.17, 15) is 18.4 Å². The predicted molar refractivity (Wildman–Crippen MR) is 73.4 cm³/mol. The number of halogens is 2. The molecule has 2 aromatic rings. The monoisotopic (exact) mass is 306 g/mol. The summed E-state index contributed by atoms with van der Waals surface area (Å²) in [6.45, 7) is 0.198. The number of hydrogen-bond acceptors (Lipinski definition) is 2. The van der Waals surface area contributed by atoms with Crippen LogP contribution in [-0.2, 0) is 4.79 Å². The summed E-state index contributed by atoms with van der Waals surface area (Å²) in [5.41, 5.74) is 1.03. The first kappa shape index (κ1) is 14.2. The zero-order valence-electron chi connectivity index (χ0n) is 11.3. The molecule has 22 heavy (non-hydrogen) atoms. The van der Waals surface area contributed by atoms with Gasteiger partial charge in [-0.15, -0.1) is 0 Å². The number of aromatic nitrogens is 1. The molecular weight excluding hydrogens is 294 g/mol. The van der Waals surface area contributed by atoms with Gasteiger partial charge in [0.25, 0.3) is 5.91 Å². The lowest BCUT2D eigenvalue weighted by molar-refractivity contribution is -0.137. The number of carbonyl (C=O) groups excluding carboxylic acids is 1. The third kappa shape index (κ3) is 2.57. The van der Waals surface area contributed by atoms with Crippen molar-refractivity contribution in [3.05, 3.63) is 47.8 Å². The lowest BCUT2D eigenvalue weighted by Gasteiger charge is -2.25. The summed E-state index contributed by atoms with van der Waals surface area (Å²) in [4.78, 5) is 22.8. The Morgan fingerprint density at radius 2 is 1.91 bits per heavy atom. The molecule has 0 spiro atoms. The maximum Gasteiger partial charge on any atom is 0.305 e. The third-order valence-corrected chi connectivity index (χ3v) is 3.58. The van der Waals surface area contributed by atoms with Gasteiger partial charge in [-0.25, -0.2) is 8.78 Å². The average Bonchev–Trinajstić information content (AvgIpc) is 2.87. The van der Waals surface area contributed by atoms with Crippen molar-refractivity contribution in [1.82, 2.24) is 9.88 Å². The molecule has 2 N–H and O–H groups in total. The van der Waals surface area contributed by atoms with Crippen molar-refractivity contribution in [3.63, 3.8) is 0 Å². The van der Waals surface area contributed by atoms with E-state index in [1.54, 1.807) is 10.8 Å². The second kappa shape index (κ2) is 5.25. The number of carboxylic acid groups (broad SMARTS) is 1. The fourth-order valence-corrected chi connectivity index (χ4v) is 2.61. The van der Waals surface area contributed by atoms with Crippen LogP contribution in [0.25, 0.3) is 11.1 Å². The Bertz CT molecular complexity index is 750. The summed E-state index contributed by atoms with van der Waals surface area (Å²) in [5, 5.41) is 11.5. The minimum atomic E-state index is -0.987. The number of carboxylic acids is 1. The van der Waals surface area contributed by atoms with Crippen LogP contribution >= 0.6 is 0 Å². The summed E-state index contributed by atoms with van der Waals surface area (Å²) in [6.07, 6.45) is 1.40. The molecule has 5 nitrogen and oxygen atoms in total. The number of carbonyl (C=O) groups is 2. The lowest BCUT2D eigenvalue weighted by atomic mass is 10.1. The quantitative estimate of drug-likeness (QED) is 0.913. The van der Waals surface area contributed by atoms with Gasteiger partial charge in [0.1, 0.15) is 17.3 Å². The number of benzene rings is 1. The van der Waals surface area contributed by atoms with Gasteiger partial charge in [-0.05, 0) is 23.8 Å². The number of nitrogens with one attached hydrogen (secondary N) is 1. The van der Waals surface area contributed by atoms with Crippen LogP contribution in [0.4, 0.5) is 8.78 Å². The van der Waals surface area contributed by atoms with Gasteiger partial charge >= 0.3 is 5.97 Å². The highest BCUT2D eigenvalue weighted by Gasteiger charge is 2.27. The molecule has 0 radical (unpaired) electrons. The van der Waals surface area contributed by atoms with Crippen LogP contribution in [0.5, 0.6) is 0 Å². The van der Waals surface area contributed by atoms with E-state index >= 15 is 0 Å². The molecule has 3 rings (SSSR count). The largest absolute Gasteiger partial charge is 0.481 e. The van der Waals surface area contributed by atoms with Gasteiger partial charge in [0.15, 0.2) is 0 Å². The molecule has 2 heterocycles. The second-order valence-corrected chi connectivity index (χ2v) is 5.14. The highest BCUT2D eigenvalue weighted by molar-refractivity contribution is 5.95. The molecule has 1 aromatic heterocycles. The molecule has 0 saturated heterocycles. The molecule has 1 aliphatic rings. The van der Waals surface area contributed by atoms with Gasteiger partial charge in [-0.3, -0.25) is 9.59 Å². The van der Waals surface area contributed by atoms with E-state index in [4.69, 9.17) is 5.11 Å². The van der Waals surface area contributed by atoms with E-state index < -0.39 is 23.6 Å². The van der Waals surface area contributed by atoms with Crippen molar-refractivity contribution in [1.29, 1.82) is 0 Å². The number of aliphatic carboxylic acids is 1. The molecule has 0 aliphatic carbocycles. The van der Waals surface area contributed by atoms with E-state index in [1.165, 1.54) is 6.07 Å². The summed E-state index contributed by atoms with van der Waals surface area (Å²) >= 11 is 0. The van der Waals surface area contributed by atoms with Gasteiger partial charge in [0.05, 0.1) is 12.5 Å². The summed E-state index contributed by atoms with van der Waals surface area (Å²) < 4.78 is 28.2. The molecule has 0 saturated carbocycles. The van der Waals surface area contributed by atoms with Gasteiger partial charge in [0, 0.05) is 24.4 Å². The zero-order valence-corrected chi connectivity index (χ0v) is 11.3. The zero-order chi connectivity index (χ0) is 15.9. The maximum absolute atomic E-state index is 13.3. The number of nitrogens with zero attached hydrogens (tertiary/aromatic N) is 1. The highest BCUT2D eigenvalue weighted by Crippen LogP contribution is 2.29. The summed E-state index contributed by atoms with van der Waals surface area (Å²) in [7, 11) is 0.